The third kappa shape index (κ3) is 5.75. The summed E-state index contributed by atoms with van der Waals surface area (Å²) in [4.78, 5) is 53.6. The lowest BCUT2D eigenvalue weighted by Gasteiger charge is -2.49. The van der Waals surface area contributed by atoms with E-state index in [1.54, 1.807) is 22.8 Å². The highest BCUT2D eigenvalue weighted by Gasteiger charge is 2.54. The average Bonchev–Trinajstić information content (AvgIpc) is 3.47. The van der Waals surface area contributed by atoms with Crippen LogP contribution in [-0.2, 0) is 25.8 Å². The number of carbonyl (C=O) groups is 3. The van der Waals surface area contributed by atoms with Crippen LogP contribution in [-0.4, -0.2) is 92.9 Å². The van der Waals surface area contributed by atoms with Gasteiger partial charge in [0.1, 0.15) is 36.5 Å². The van der Waals surface area contributed by atoms with Gasteiger partial charge in [0.2, 0.25) is 0 Å². The summed E-state index contributed by atoms with van der Waals surface area (Å²) in [5.41, 5.74) is 9.08. The second-order valence-corrected chi connectivity index (χ2v) is 12.2. The van der Waals surface area contributed by atoms with Crippen molar-refractivity contribution in [3.63, 3.8) is 0 Å². The van der Waals surface area contributed by atoms with Gasteiger partial charge in [-0.25, -0.2) is 14.8 Å². The number of nitrogens with zero attached hydrogens (tertiary/aromatic N) is 5. The molecule has 0 aliphatic carbocycles. The number of likely N-dealkylation sites (N-methyl/N-ethyl adjacent to an activating group) is 1. The molecular weight excluding hydrogens is 550 g/mol. The molecule has 2 atom stereocenters. The van der Waals surface area contributed by atoms with Crippen LogP contribution in [0, 0.1) is 6.92 Å². The number of anilines is 1. The van der Waals surface area contributed by atoms with Crippen molar-refractivity contribution >= 4 is 63.1 Å². The molecule has 2 aromatic heterocycles. The van der Waals surface area contributed by atoms with Crippen molar-refractivity contribution in [3.8, 4) is 0 Å². The molecule has 15 heteroatoms. The van der Waals surface area contributed by atoms with Crippen molar-refractivity contribution in [1.29, 1.82) is 0 Å². The topological polar surface area (TPSA) is 160 Å². The van der Waals surface area contributed by atoms with Gasteiger partial charge >= 0.3 is 5.97 Å². The Morgan fingerprint density at radius 3 is 2.76 bits per heavy atom. The van der Waals surface area contributed by atoms with Gasteiger partial charge in [0, 0.05) is 11.1 Å². The van der Waals surface area contributed by atoms with Gasteiger partial charge in [-0.3, -0.25) is 14.5 Å². The molecule has 2 aromatic rings. The maximum atomic E-state index is 13.0. The van der Waals surface area contributed by atoms with E-state index < -0.39 is 29.2 Å². The molecule has 2 amide bonds. The Morgan fingerprint density at radius 1 is 1.39 bits per heavy atom. The third-order valence-corrected chi connectivity index (χ3v) is 8.88. The minimum Gasteiger partial charge on any atom is -0.477 e. The van der Waals surface area contributed by atoms with Crippen molar-refractivity contribution in [2.75, 3.05) is 39.2 Å². The number of nitrogen functional groups attached to an aromatic ring is 1. The predicted molar refractivity (Wildman–Crippen MR) is 146 cm³/mol. The number of aromatic nitrogens is 2. The van der Waals surface area contributed by atoms with E-state index in [-0.39, 0.29) is 22.2 Å². The Balaban J connectivity index is 1.46. The summed E-state index contributed by atoms with van der Waals surface area (Å²) < 4.78 is 0.664. The molecule has 202 valence electrons. The molecule has 0 radical (unpaired) electrons. The average molecular weight is 579 g/mol. The molecule has 2 aliphatic heterocycles. The summed E-state index contributed by atoms with van der Waals surface area (Å²) in [5.74, 6) is -1.99. The van der Waals surface area contributed by atoms with E-state index in [0.29, 0.717) is 22.4 Å². The van der Waals surface area contributed by atoms with Gasteiger partial charge in [0.25, 0.3) is 11.8 Å². The normalized spacial score (nSPS) is 19.9. The van der Waals surface area contributed by atoms with Crippen LogP contribution in [0.4, 0.5) is 5.13 Å². The number of carbonyl (C=O) groups excluding carboxylic acids is 2. The molecule has 0 unspecified atom stereocenters. The molecule has 4 N–H and O–H groups in total. The summed E-state index contributed by atoms with van der Waals surface area (Å²) in [6.07, 6.45) is 3.72. The lowest BCUT2D eigenvalue weighted by Crippen LogP contribution is -2.71. The Labute approximate surface area is 231 Å². The first kappa shape index (κ1) is 27.8. The number of amides is 2. The Kier molecular flexibility index (Phi) is 8.20. The molecular formula is C23H28N7O5S3+. The Hall–Kier alpha value is -3.27. The van der Waals surface area contributed by atoms with Crippen molar-refractivity contribution in [2.45, 2.75) is 24.9 Å². The fourth-order valence-electron chi connectivity index (χ4n) is 4.08. The second-order valence-electron chi connectivity index (χ2n) is 9.27. The number of thiazole rings is 2. The number of fused-ring (bicyclic) bond motifs is 1. The molecule has 1 fully saturated rings. The number of nitrogens with one attached hydrogen (secondary N) is 1. The highest BCUT2D eigenvalue weighted by molar-refractivity contribution is 8.00. The fraction of sp³-hybridized carbons (Fsp3) is 0.391. The zero-order valence-corrected chi connectivity index (χ0v) is 23.7. The monoisotopic (exact) mass is 578 g/mol. The van der Waals surface area contributed by atoms with Gasteiger partial charge in [-0.1, -0.05) is 11.2 Å². The third-order valence-electron chi connectivity index (χ3n) is 5.98. The van der Waals surface area contributed by atoms with Crippen LogP contribution in [0.15, 0.2) is 39.5 Å². The number of rotatable bonds is 10. The first-order valence-electron chi connectivity index (χ1n) is 11.4. The lowest BCUT2D eigenvalue weighted by atomic mass is 10.0. The van der Waals surface area contributed by atoms with Gasteiger partial charge in [0.15, 0.2) is 10.8 Å². The van der Waals surface area contributed by atoms with Crippen molar-refractivity contribution in [1.82, 2.24) is 20.2 Å². The van der Waals surface area contributed by atoms with Crippen LogP contribution in [0.2, 0.25) is 0 Å². The van der Waals surface area contributed by atoms with Crippen LogP contribution >= 0.6 is 34.4 Å². The molecule has 0 saturated carbocycles. The molecule has 4 heterocycles. The number of oxime groups is 1. The maximum absolute atomic E-state index is 13.0. The van der Waals surface area contributed by atoms with Crippen LogP contribution < -0.4 is 11.1 Å². The SMILES string of the molecule is CO/N=C(\C(=O)N[C@@H]1C(=O)N2C(C(=O)O)=C(/C=C/C[N+](C)(C)Cc3scnc3C)CS[C@H]12)c1csc(N)n1. The van der Waals surface area contributed by atoms with E-state index >= 15 is 0 Å². The number of hydrogen-bond donors (Lipinski definition) is 3. The summed E-state index contributed by atoms with van der Waals surface area (Å²) >= 11 is 4.14. The number of carboxylic acids is 1. The van der Waals surface area contributed by atoms with E-state index in [1.165, 1.54) is 28.6 Å². The van der Waals surface area contributed by atoms with Gasteiger partial charge in [-0.05, 0) is 18.6 Å². The number of β-lactam (4-membered cyclic amide) rings is 1. The summed E-state index contributed by atoms with van der Waals surface area (Å²) in [7, 11) is 5.47. The van der Waals surface area contributed by atoms with Gasteiger partial charge in [-0.2, -0.15) is 0 Å². The van der Waals surface area contributed by atoms with E-state index in [4.69, 9.17) is 10.6 Å². The number of allylic oxidation sites excluding steroid dienone is 1. The van der Waals surface area contributed by atoms with Crippen molar-refractivity contribution in [3.05, 3.63) is 50.6 Å². The summed E-state index contributed by atoms with van der Waals surface area (Å²) in [5, 5.41) is 17.6. The number of hydrogen-bond acceptors (Lipinski definition) is 11. The quantitative estimate of drug-likeness (QED) is 0.164. The van der Waals surface area contributed by atoms with Crippen molar-refractivity contribution in [2.24, 2.45) is 5.16 Å². The molecule has 2 aliphatic rings. The second kappa shape index (κ2) is 11.2. The molecule has 12 nitrogen and oxygen atoms in total. The zero-order valence-electron chi connectivity index (χ0n) is 21.2. The van der Waals surface area contributed by atoms with Crippen LogP contribution in [0.3, 0.4) is 0 Å². The van der Waals surface area contributed by atoms with Crippen molar-refractivity contribution < 1.29 is 28.8 Å². The first-order chi connectivity index (χ1) is 18.0. The summed E-state index contributed by atoms with van der Waals surface area (Å²) in [6.45, 7) is 3.45. The highest BCUT2D eigenvalue weighted by atomic mass is 32.2. The van der Waals surface area contributed by atoms with E-state index in [0.717, 1.165) is 23.6 Å². The fourth-order valence-corrected chi connectivity index (χ4v) is 6.94. The number of thioether (sulfide) groups is 1. The van der Waals surface area contributed by atoms with E-state index in [9.17, 15) is 19.5 Å². The maximum Gasteiger partial charge on any atom is 0.352 e. The Bertz CT molecular complexity index is 1350. The Morgan fingerprint density at radius 2 is 2.16 bits per heavy atom. The number of quaternary nitrogens is 1. The predicted octanol–water partition coefficient (Wildman–Crippen LogP) is 1.41. The van der Waals surface area contributed by atoms with Gasteiger partial charge in [0.05, 0.1) is 36.7 Å². The molecule has 0 bridgehead atoms. The first-order valence-corrected chi connectivity index (χ1v) is 14.2. The number of aryl methyl sites for hydroxylation is 1. The van der Waals surface area contributed by atoms with Gasteiger partial charge < -0.3 is 25.5 Å². The molecule has 0 aromatic carbocycles. The van der Waals surface area contributed by atoms with Gasteiger partial charge in [-0.15, -0.1) is 34.4 Å². The minimum absolute atomic E-state index is 0.0674. The largest absolute Gasteiger partial charge is 0.477 e. The highest BCUT2D eigenvalue weighted by Crippen LogP contribution is 2.40. The number of carboxylic acid groups (broad SMARTS) is 1. The van der Waals surface area contributed by atoms with Crippen LogP contribution in [0.5, 0.6) is 0 Å². The van der Waals surface area contributed by atoms with E-state index in [2.05, 4.69) is 34.5 Å². The standard InChI is InChI=1S/C23H27N7O5S3/c1-12-15(38-11-25-12)8-30(2,3)7-5-6-13-9-36-21-17(20(32)29(21)18(13)22(33)34)27-19(31)16(28-35-4)14-10-37-23(24)26-14/h5-6,10-11,17,21H,7-9H2,1-4H3,(H3-,24,26,27,31,33,34)/p+1/b6-5+,28-16-/t17-,21-/m1/s1. The number of aliphatic carboxylic acids is 1. The van der Waals surface area contributed by atoms with Crippen LogP contribution in [0.1, 0.15) is 16.3 Å². The zero-order chi connectivity index (χ0) is 27.6. The smallest absolute Gasteiger partial charge is 0.352 e. The van der Waals surface area contributed by atoms with Crippen LogP contribution in [0.25, 0.3) is 0 Å². The summed E-state index contributed by atoms with van der Waals surface area (Å²) in [6, 6.07) is -0.913. The molecule has 4 rings (SSSR count). The molecule has 0 spiro atoms. The molecule has 1 saturated heterocycles. The van der Waals surface area contributed by atoms with E-state index in [1.807, 2.05) is 18.5 Å². The molecule has 38 heavy (non-hydrogen) atoms. The lowest BCUT2D eigenvalue weighted by molar-refractivity contribution is -0.897. The number of nitrogens with two attached hydrogens (primary N) is 1. The minimum atomic E-state index is -1.19.